The van der Waals surface area contributed by atoms with Gasteiger partial charge in [-0.3, -0.25) is 9.59 Å². The lowest BCUT2D eigenvalue weighted by molar-refractivity contribution is 0.302. The van der Waals surface area contributed by atoms with Crippen LogP contribution in [0.25, 0.3) is 0 Å². The molecule has 2 aromatic heterocycles. The third-order valence-corrected chi connectivity index (χ3v) is 3.79. The first-order chi connectivity index (χ1) is 9.15. The molecule has 7 heteroatoms. The lowest BCUT2D eigenvalue weighted by Crippen LogP contribution is -2.43. The van der Waals surface area contributed by atoms with Gasteiger partial charge in [0, 0.05) is 24.5 Å². The quantitative estimate of drug-likeness (QED) is 0.802. The van der Waals surface area contributed by atoms with E-state index in [2.05, 4.69) is 21.1 Å². The molecule has 0 aromatic carbocycles. The van der Waals surface area contributed by atoms with Crippen molar-refractivity contribution in [3.05, 3.63) is 49.5 Å². The molecular weight excluding hydrogens is 314 g/mol. The van der Waals surface area contributed by atoms with Crippen molar-refractivity contribution >= 4 is 15.9 Å². The molecule has 0 amide bonds. The van der Waals surface area contributed by atoms with Gasteiger partial charge in [-0.2, -0.15) is 0 Å². The Bertz CT molecular complexity index is 711. The summed E-state index contributed by atoms with van der Waals surface area (Å²) in [5, 5.41) is 3.78. The Hall–Kier alpha value is -1.63. The molecular formula is C12H12BrN3O3. The summed E-state index contributed by atoms with van der Waals surface area (Å²) in [7, 11) is 0. The largest absolute Gasteiger partial charge is 0.349 e. The zero-order valence-corrected chi connectivity index (χ0v) is 11.7. The predicted octanol–water partition coefficient (Wildman–Crippen LogP) is 1.53. The molecule has 100 valence electrons. The first kappa shape index (κ1) is 12.4. The number of hydrogen-bond donors (Lipinski definition) is 0. The van der Waals surface area contributed by atoms with E-state index in [1.165, 1.54) is 4.57 Å². The van der Waals surface area contributed by atoms with E-state index in [1.807, 2.05) is 0 Å². The van der Waals surface area contributed by atoms with Crippen LogP contribution in [-0.2, 0) is 6.54 Å². The molecule has 1 aliphatic carbocycles. The molecule has 1 aliphatic rings. The highest BCUT2D eigenvalue weighted by atomic mass is 79.9. The maximum atomic E-state index is 12.0. The van der Waals surface area contributed by atoms with Gasteiger partial charge in [-0.05, 0) is 35.2 Å². The van der Waals surface area contributed by atoms with Gasteiger partial charge < -0.3 is 13.7 Å². The Morgan fingerprint density at radius 2 is 2.11 bits per heavy atom. The molecule has 0 unspecified atom stereocenters. The van der Waals surface area contributed by atoms with Crippen molar-refractivity contribution in [3.63, 3.8) is 0 Å². The Labute approximate surface area is 116 Å². The van der Waals surface area contributed by atoms with Crippen LogP contribution in [0.3, 0.4) is 0 Å². The summed E-state index contributed by atoms with van der Waals surface area (Å²) in [4.78, 5) is 24.0. The Morgan fingerprint density at radius 1 is 1.32 bits per heavy atom. The first-order valence-electron chi connectivity index (χ1n) is 6.08. The van der Waals surface area contributed by atoms with Crippen molar-refractivity contribution in [2.45, 2.75) is 31.8 Å². The highest BCUT2D eigenvalue weighted by Crippen LogP contribution is 2.29. The second-order valence-electron chi connectivity index (χ2n) is 4.65. The molecule has 0 atom stereocenters. The van der Waals surface area contributed by atoms with E-state index in [0.29, 0.717) is 10.4 Å². The van der Waals surface area contributed by atoms with Crippen molar-refractivity contribution in [2.24, 2.45) is 0 Å². The number of halogens is 1. The van der Waals surface area contributed by atoms with Gasteiger partial charge in [0.1, 0.15) is 5.69 Å². The van der Waals surface area contributed by atoms with Crippen LogP contribution < -0.4 is 11.1 Å². The molecule has 1 saturated carbocycles. The molecule has 1 fully saturated rings. The highest BCUT2D eigenvalue weighted by Gasteiger charge is 2.21. The zero-order chi connectivity index (χ0) is 13.4. The minimum Gasteiger partial charge on any atom is -0.349 e. The molecule has 0 radical (unpaired) electrons. The summed E-state index contributed by atoms with van der Waals surface area (Å²) in [5.74, 6) is 0. The maximum absolute atomic E-state index is 12.0. The molecule has 3 rings (SSSR count). The van der Waals surface area contributed by atoms with E-state index in [4.69, 9.17) is 4.52 Å². The van der Waals surface area contributed by atoms with Crippen LogP contribution in [0.2, 0.25) is 0 Å². The molecule has 0 saturated heterocycles. The normalized spacial score (nSPS) is 15.4. The van der Waals surface area contributed by atoms with Crippen molar-refractivity contribution < 1.29 is 4.52 Å². The minimum absolute atomic E-state index is 0.191. The lowest BCUT2D eigenvalue weighted by Gasteiger charge is -2.27. The highest BCUT2D eigenvalue weighted by molar-refractivity contribution is 9.10. The van der Waals surface area contributed by atoms with Crippen LogP contribution in [0, 0.1) is 0 Å². The van der Waals surface area contributed by atoms with E-state index in [9.17, 15) is 9.59 Å². The van der Waals surface area contributed by atoms with E-state index in [1.54, 1.807) is 23.0 Å². The molecule has 0 bridgehead atoms. The van der Waals surface area contributed by atoms with E-state index >= 15 is 0 Å². The van der Waals surface area contributed by atoms with Gasteiger partial charge in [-0.15, -0.1) is 0 Å². The van der Waals surface area contributed by atoms with E-state index < -0.39 is 11.1 Å². The molecule has 2 aromatic rings. The van der Waals surface area contributed by atoms with E-state index in [0.717, 1.165) is 19.3 Å². The fourth-order valence-electron chi connectivity index (χ4n) is 2.13. The molecule has 2 heterocycles. The van der Waals surface area contributed by atoms with Gasteiger partial charge in [0.2, 0.25) is 4.67 Å². The first-order valence-corrected chi connectivity index (χ1v) is 6.87. The van der Waals surface area contributed by atoms with Crippen molar-refractivity contribution in [3.8, 4) is 0 Å². The van der Waals surface area contributed by atoms with Crippen molar-refractivity contribution in [1.29, 1.82) is 0 Å². The van der Waals surface area contributed by atoms with E-state index in [-0.39, 0.29) is 12.6 Å². The van der Waals surface area contributed by atoms with Crippen LogP contribution in [0.5, 0.6) is 0 Å². The summed E-state index contributed by atoms with van der Waals surface area (Å²) in [5.41, 5.74) is -0.391. The van der Waals surface area contributed by atoms with Gasteiger partial charge in [-0.25, -0.2) is 0 Å². The summed E-state index contributed by atoms with van der Waals surface area (Å²) < 4.78 is 8.25. The third-order valence-electron chi connectivity index (χ3n) is 3.42. The van der Waals surface area contributed by atoms with Crippen LogP contribution in [0.1, 0.15) is 31.0 Å². The average Bonchev–Trinajstić information content (AvgIpc) is 2.72. The second kappa shape index (κ2) is 4.80. The Morgan fingerprint density at radius 3 is 2.68 bits per heavy atom. The van der Waals surface area contributed by atoms with Gasteiger partial charge in [0.05, 0.1) is 6.54 Å². The summed E-state index contributed by atoms with van der Waals surface area (Å²) in [6, 6.07) is 1.86. The van der Waals surface area contributed by atoms with Crippen molar-refractivity contribution in [2.75, 3.05) is 0 Å². The predicted molar refractivity (Wildman–Crippen MR) is 71.2 cm³/mol. The second-order valence-corrected chi connectivity index (χ2v) is 5.43. The van der Waals surface area contributed by atoms with Gasteiger partial charge in [0.25, 0.3) is 0 Å². The number of hydrogen-bond acceptors (Lipinski definition) is 4. The molecule has 0 aliphatic heterocycles. The summed E-state index contributed by atoms with van der Waals surface area (Å²) in [6.45, 7) is 0.231. The van der Waals surface area contributed by atoms with Crippen molar-refractivity contribution in [1.82, 2.24) is 14.3 Å². The lowest BCUT2D eigenvalue weighted by atomic mass is 9.93. The van der Waals surface area contributed by atoms with Crippen LogP contribution in [0.15, 0.2) is 37.2 Å². The summed E-state index contributed by atoms with van der Waals surface area (Å²) in [6.07, 6.45) is 6.37. The Balaban J connectivity index is 1.93. The molecule has 6 nitrogen and oxygen atoms in total. The maximum Gasteiger partial charge on any atom is 0.316 e. The molecule has 19 heavy (non-hydrogen) atoms. The average molecular weight is 326 g/mol. The number of aromatic nitrogens is 3. The molecule has 0 N–H and O–H groups in total. The number of nitrogens with zero attached hydrogens (tertiary/aromatic N) is 3. The zero-order valence-electron chi connectivity index (χ0n) is 10.1. The topological polar surface area (TPSA) is 70.0 Å². The third kappa shape index (κ3) is 2.30. The fraction of sp³-hybridized carbons (Fsp3) is 0.417. The number of rotatable bonds is 3. The summed E-state index contributed by atoms with van der Waals surface area (Å²) >= 11 is 3.14. The van der Waals surface area contributed by atoms with Gasteiger partial charge >= 0.3 is 11.1 Å². The monoisotopic (exact) mass is 325 g/mol. The van der Waals surface area contributed by atoms with Gasteiger partial charge in [-0.1, -0.05) is 5.16 Å². The SMILES string of the molecule is O=c1c(=O)n(C2CCC2)ccn1Cc1cc(Br)on1. The van der Waals surface area contributed by atoms with Crippen LogP contribution in [0.4, 0.5) is 0 Å². The van der Waals surface area contributed by atoms with Crippen LogP contribution >= 0.6 is 15.9 Å². The van der Waals surface area contributed by atoms with Gasteiger partial charge in [0.15, 0.2) is 0 Å². The Kier molecular flexibility index (Phi) is 3.14. The molecule has 0 spiro atoms. The van der Waals surface area contributed by atoms with Crippen LogP contribution in [-0.4, -0.2) is 14.3 Å². The smallest absolute Gasteiger partial charge is 0.316 e. The standard InChI is InChI=1S/C12H12BrN3O3/c13-10-6-8(14-19-10)7-15-4-5-16(9-2-1-3-9)12(18)11(15)17/h4-6,9H,1-3,7H2. The fourth-order valence-corrected chi connectivity index (χ4v) is 2.47. The minimum atomic E-state index is -0.520.